The Morgan fingerprint density at radius 3 is 2.33 bits per heavy atom. The SMILES string of the molecule is CCC(C)C(=O)NCc1ccc(C(=O)NC)cc1. The molecule has 4 heteroatoms. The highest BCUT2D eigenvalue weighted by atomic mass is 16.2. The van der Waals surface area contributed by atoms with Crippen molar-refractivity contribution in [3.8, 4) is 0 Å². The Kier molecular flexibility index (Phi) is 5.36. The molecule has 1 aromatic carbocycles. The zero-order valence-corrected chi connectivity index (χ0v) is 11.1. The van der Waals surface area contributed by atoms with Gasteiger partial charge >= 0.3 is 0 Å². The molecule has 98 valence electrons. The summed E-state index contributed by atoms with van der Waals surface area (Å²) in [6.07, 6.45) is 0.835. The van der Waals surface area contributed by atoms with E-state index in [1.165, 1.54) is 0 Å². The van der Waals surface area contributed by atoms with Crippen LogP contribution in [0.1, 0.15) is 36.2 Å². The zero-order valence-electron chi connectivity index (χ0n) is 11.1. The number of carbonyl (C=O) groups excluding carboxylic acids is 2. The molecule has 0 spiro atoms. The fourth-order valence-electron chi connectivity index (χ4n) is 1.47. The van der Waals surface area contributed by atoms with E-state index in [-0.39, 0.29) is 17.7 Å². The number of amides is 2. The van der Waals surface area contributed by atoms with Crippen LogP contribution in [0.25, 0.3) is 0 Å². The van der Waals surface area contributed by atoms with E-state index in [0.717, 1.165) is 12.0 Å². The van der Waals surface area contributed by atoms with Gasteiger partial charge in [-0.15, -0.1) is 0 Å². The van der Waals surface area contributed by atoms with E-state index >= 15 is 0 Å². The van der Waals surface area contributed by atoms with Crippen molar-refractivity contribution >= 4 is 11.8 Å². The third kappa shape index (κ3) is 3.87. The first-order chi connectivity index (χ1) is 8.58. The van der Waals surface area contributed by atoms with E-state index in [1.54, 1.807) is 19.2 Å². The summed E-state index contributed by atoms with van der Waals surface area (Å²) in [5.41, 5.74) is 1.61. The average Bonchev–Trinajstić information content (AvgIpc) is 2.43. The number of benzene rings is 1. The van der Waals surface area contributed by atoms with Crippen LogP contribution in [0, 0.1) is 5.92 Å². The van der Waals surface area contributed by atoms with Gasteiger partial charge in [-0.2, -0.15) is 0 Å². The van der Waals surface area contributed by atoms with Crippen LogP contribution in [0.2, 0.25) is 0 Å². The summed E-state index contributed by atoms with van der Waals surface area (Å²) in [6, 6.07) is 7.20. The van der Waals surface area contributed by atoms with E-state index in [4.69, 9.17) is 0 Å². The molecule has 1 rings (SSSR count). The Labute approximate surface area is 108 Å². The van der Waals surface area contributed by atoms with E-state index in [0.29, 0.717) is 12.1 Å². The molecule has 2 N–H and O–H groups in total. The first-order valence-corrected chi connectivity index (χ1v) is 6.17. The molecule has 0 aliphatic carbocycles. The Hall–Kier alpha value is -1.84. The smallest absolute Gasteiger partial charge is 0.251 e. The van der Waals surface area contributed by atoms with Crippen molar-refractivity contribution in [1.29, 1.82) is 0 Å². The third-order valence-electron chi connectivity index (χ3n) is 2.97. The lowest BCUT2D eigenvalue weighted by atomic mass is 10.1. The standard InChI is InChI=1S/C14H20N2O2/c1-4-10(2)13(17)16-9-11-5-7-12(8-6-11)14(18)15-3/h5-8,10H,4,9H2,1-3H3,(H,15,18)(H,16,17). The maximum atomic E-state index is 11.6. The minimum Gasteiger partial charge on any atom is -0.355 e. The highest BCUT2D eigenvalue weighted by Gasteiger charge is 2.09. The van der Waals surface area contributed by atoms with Crippen molar-refractivity contribution in [2.24, 2.45) is 5.92 Å². The molecule has 4 nitrogen and oxygen atoms in total. The highest BCUT2D eigenvalue weighted by molar-refractivity contribution is 5.93. The van der Waals surface area contributed by atoms with E-state index < -0.39 is 0 Å². The van der Waals surface area contributed by atoms with Crippen molar-refractivity contribution in [3.05, 3.63) is 35.4 Å². The molecule has 0 radical (unpaired) electrons. The van der Waals surface area contributed by atoms with Crippen LogP contribution in [-0.2, 0) is 11.3 Å². The number of hydrogen-bond donors (Lipinski definition) is 2. The second kappa shape index (κ2) is 6.79. The van der Waals surface area contributed by atoms with Crippen molar-refractivity contribution < 1.29 is 9.59 Å². The molecule has 1 atom stereocenters. The molecule has 0 saturated carbocycles. The van der Waals surface area contributed by atoms with Crippen LogP contribution in [-0.4, -0.2) is 18.9 Å². The minimum atomic E-state index is -0.106. The quantitative estimate of drug-likeness (QED) is 0.833. The summed E-state index contributed by atoms with van der Waals surface area (Å²) in [5.74, 6) is -0.00629. The second-order valence-corrected chi connectivity index (χ2v) is 4.30. The summed E-state index contributed by atoms with van der Waals surface area (Å²) >= 11 is 0. The summed E-state index contributed by atoms with van der Waals surface area (Å²) < 4.78 is 0. The summed E-state index contributed by atoms with van der Waals surface area (Å²) in [7, 11) is 1.60. The Morgan fingerprint density at radius 1 is 1.22 bits per heavy atom. The Balaban J connectivity index is 2.54. The van der Waals surface area contributed by atoms with Crippen LogP contribution >= 0.6 is 0 Å². The van der Waals surface area contributed by atoms with Gasteiger partial charge in [-0.25, -0.2) is 0 Å². The predicted octanol–water partition coefficient (Wildman–Crippen LogP) is 1.71. The van der Waals surface area contributed by atoms with Crippen molar-refractivity contribution in [1.82, 2.24) is 10.6 Å². The van der Waals surface area contributed by atoms with Gasteiger partial charge in [-0.3, -0.25) is 9.59 Å². The van der Waals surface area contributed by atoms with Gasteiger partial charge < -0.3 is 10.6 Å². The van der Waals surface area contributed by atoms with Gasteiger partial charge in [0.1, 0.15) is 0 Å². The Bertz CT molecular complexity index is 412. The average molecular weight is 248 g/mol. The minimum absolute atomic E-state index is 0.0372. The number of hydrogen-bond acceptors (Lipinski definition) is 2. The fraction of sp³-hybridized carbons (Fsp3) is 0.429. The lowest BCUT2D eigenvalue weighted by Crippen LogP contribution is -2.28. The van der Waals surface area contributed by atoms with Gasteiger partial charge in [0.25, 0.3) is 5.91 Å². The van der Waals surface area contributed by atoms with E-state index in [2.05, 4.69) is 10.6 Å². The maximum absolute atomic E-state index is 11.6. The topological polar surface area (TPSA) is 58.2 Å². The normalized spacial score (nSPS) is 11.7. The molecule has 1 aromatic rings. The third-order valence-corrected chi connectivity index (χ3v) is 2.97. The maximum Gasteiger partial charge on any atom is 0.251 e. The van der Waals surface area contributed by atoms with Crippen LogP contribution in [0.4, 0.5) is 0 Å². The van der Waals surface area contributed by atoms with Gasteiger partial charge in [0.05, 0.1) is 0 Å². The second-order valence-electron chi connectivity index (χ2n) is 4.30. The monoisotopic (exact) mass is 248 g/mol. The summed E-state index contributed by atoms with van der Waals surface area (Å²) in [6.45, 7) is 4.39. The first kappa shape index (κ1) is 14.2. The molecule has 2 amide bonds. The number of rotatable bonds is 5. The largest absolute Gasteiger partial charge is 0.355 e. The van der Waals surface area contributed by atoms with Gasteiger partial charge in [-0.05, 0) is 24.1 Å². The van der Waals surface area contributed by atoms with Crippen LogP contribution in [0.5, 0.6) is 0 Å². The predicted molar refractivity (Wildman–Crippen MR) is 71.1 cm³/mol. The molecule has 0 saturated heterocycles. The van der Waals surface area contributed by atoms with Crippen molar-refractivity contribution in [2.45, 2.75) is 26.8 Å². The molecule has 0 aliphatic rings. The summed E-state index contributed by atoms with van der Waals surface area (Å²) in [4.78, 5) is 22.9. The molecular formula is C14H20N2O2. The van der Waals surface area contributed by atoms with Gasteiger partial charge in [-0.1, -0.05) is 26.0 Å². The molecule has 0 aromatic heterocycles. The molecular weight excluding hydrogens is 228 g/mol. The van der Waals surface area contributed by atoms with Gasteiger partial charge in [0.15, 0.2) is 0 Å². The van der Waals surface area contributed by atoms with Crippen LogP contribution in [0.15, 0.2) is 24.3 Å². The van der Waals surface area contributed by atoms with Crippen LogP contribution in [0.3, 0.4) is 0 Å². The van der Waals surface area contributed by atoms with Crippen molar-refractivity contribution in [2.75, 3.05) is 7.05 Å². The van der Waals surface area contributed by atoms with Gasteiger partial charge in [0, 0.05) is 25.1 Å². The molecule has 0 bridgehead atoms. The first-order valence-electron chi connectivity index (χ1n) is 6.17. The van der Waals surface area contributed by atoms with E-state index in [9.17, 15) is 9.59 Å². The van der Waals surface area contributed by atoms with Crippen molar-refractivity contribution in [3.63, 3.8) is 0 Å². The molecule has 0 fully saturated rings. The molecule has 1 unspecified atom stereocenters. The molecule has 18 heavy (non-hydrogen) atoms. The summed E-state index contributed by atoms with van der Waals surface area (Å²) in [5, 5.41) is 5.44. The zero-order chi connectivity index (χ0) is 13.5. The highest BCUT2D eigenvalue weighted by Crippen LogP contribution is 2.05. The fourth-order valence-corrected chi connectivity index (χ4v) is 1.47. The number of nitrogens with one attached hydrogen (secondary N) is 2. The Morgan fingerprint density at radius 2 is 1.83 bits per heavy atom. The lowest BCUT2D eigenvalue weighted by Gasteiger charge is -2.10. The molecule has 0 aliphatic heterocycles. The van der Waals surface area contributed by atoms with Crippen LogP contribution < -0.4 is 10.6 Å². The lowest BCUT2D eigenvalue weighted by molar-refractivity contribution is -0.124. The van der Waals surface area contributed by atoms with Gasteiger partial charge in [0.2, 0.25) is 5.91 Å². The van der Waals surface area contributed by atoms with E-state index in [1.807, 2.05) is 26.0 Å². The molecule has 0 heterocycles. The number of carbonyl (C=O) groups is 2.